The zero-order chi connectivity index (χ0) is 17.0. The fourth-order valence-electron chi connectivity index (χ4n) is 2.52. The number of sulfonamides is 1. The van der Waals surface area contributed by atoms with Gasteiger partial charge < -0.3 is 0 Å². The van der Waals surface area contributed by atoms with Crippen molar-refractivity contribution in [1.29, 1.82) is 0 Å². The van der Waals surface area contributed by atoms with Crippen molar-refractivity contribution in [1.82, 2.24) is 9.71 Å². The lowest BCUT2D eigenvalue weighted by Crippen LogP contribution is -2.23. The molecule has 0 aliphatic carbocycles. The smallest absolute Gasteiger partial charge is 0.241 e. The number of benzene rings is 2. The molecule has 1 heterocycles. The van der Waals surface area contributed by atoms with E-state index in [1.807, 2.05) is 42.5 Å². The van der Waals surface area contributed by atoms with Gasteiger partial charge in [-0.3, -0.25) is 4.98 Å². The van der Waals surface area contributed by atoms with Crippen molar-refractivity contribution in [2.45, 2.75) is 18.4 Å². The van der Waals surface area contributed by atoms with E-state index in [-0.39, 0.29) is 6.54 Å². The number of hydrogen-bond donors (Lipinski definition) is 1. The lowest BCUT2D eigenvalue weighted by molar-refractivity contribution is 0.580. The van der Waals surface area contributed by atoms with Gasteiger partial charge in [0.1, 0.15) is 0 Å². The summed E-state index contributed by atoms with van der Waals surface area (Å²) in [4.78, 5) is 4.33. The highest BCUT2D eigenvalue weighted by Gasteiger charge is 2.15. The lowest BCUT2D eigenvalue weighted by Gasteiger charge is -2.10. The molecule has 0 saturated heterocycles. The van der Waals surface area contributed by atoms with Crippen LogP contribution < -0.4 is 4.72 Å². The van der Waals surface area contributed by atoms with Crippen LogP contribution in [0.25, 0.3) is 11.1 Å². The molecule has 122 valence electrons. The number of rotatable bonds is 5. The fourth-order valence-corrected chi connectivity index (χ4v) is 3.78. The summed E-state index contributed by atoms with van der Waals surface area (Å²) in [6.07, 6.45) is 3.48. The highest BCUT2D eigenvalue weighted by atomic mass is 32.2. The van der Waals surface area contributed by atoms with Gasteiger partial charge in [0, 0.05) is 18.9 Å². The summed E-state index contributed by atoms with van der Waals surface area (Å²) in [6.45, 7) is 2.04. The van der Waals surface area contributed by atoms with Crippen molar-refractivity contribution in [3.8, 4) is 11.1 Å². The summed E-state index contributed by atoms with van der Waals surface area (Å²) in [6, 6.07) is 18.6. The average molecular weight is 338 g/mol. The number of aryl methyl sites for hydroxylation is 1. The van der Waals surface area contributed by atoms with E-state index >= 15 is 0 Å². The molecule has 0 radical (unpaired) electrons. The zero-order valence-corrected chi connectivity index (χ0v) is 14.1. The second-order valence-electron chi connectivity index (χ2n) is 5.53. The fraction of sp³-hybridized carbons (Fsp3) is 0.105. The van der Waals surface area contributed by atoms with Crippen molar-refractivity contribution < 1.29 is 8.42 Å². The molecule has 0 unspecified atom stereocenters. The first-order valence-electron chi connectivity index (χ1n) is 7.61. The molecule has 1 N–H and O–H groups in total. The Morgan fingerprint density at radius 1 is 0.917 bits per heavy atom. The van der Waals surface area contributed by atoms with Gasteiger partial charge in [-0.25, -0.2) is 13.1 Å². The summed E-state index contributed by atoms with van der Waals surface area (Å²) in [5, 5.41) is 0. The minimum Gasteiger partial charge on any atom is -0.265 e. The van der Waals surface area contributed by atoms with Crippen molar-refractivity contribution in [3.63, 3.8) is 0 Å². The van der Waals surface area contributed by atoms with Crippen LogP contribution in [0.4, 0.5) is 0 Å². The molecule has 0 bridgehead atoms. The Balaban J connectivity index is 1.79. The molecule has 0 amide bonds. The van der Waals surface area contributed by atoms with Gasteiger partial charge in [0.05, 0.1) is 4.90 Å². The average Bonchev–Trinajstić information content (AvgIpc) is 2.61. The van der Waals surface area contributed by atoms with E-state index in [0.29, 0.717) is 4.90 Å². The first-order chi connectivity index (χ1) is 11.6. The topological polar surface area (TPSA) is 59.1 Å². The molecule has 0 fully saturated rings. The van der Waals surface area contributed by atoms with Crippen LogP contribution in [0.15, 0.2) is 78.0 Å². The third kappa shape index (κ3) is 3.69. The summed E-state index contributed by atoms with van der Waals surface area (Å²) in [5.41, 5.74) is 3.72. The second-order valence-corrected chi connectivity index (χ2v) is 7.26. The standard InChI is InChI=1S/C19H18N2O2S/c1-15-5-2-3-8-19(15)24(22,23)21-14-16-6-4-7-18(13-16)17-9-11-20-12-10-17/h2-13,21H,14H2,1H3. The Kier molecular flexibility index (Phi) is 4.74. The normalized spacial score (nSPS) is 11.4. The summed E-state index contributed by atoms with van der Waals surface area (Å²) < 4.78 is 27.6. The number of hydrogen-bond acceptors (Lipinski definition) is 3. The molecular weight excluding hydrogens is 320 g/mol. The molecule has 24 heavy (non-hydrogen) atoms. The number of pyridine rings is 1. The molecule has 3 rings (SSSR count). The Morgan fingerprint density at radius 2 is 1.67 bits per heavy atom. The molecule has 3 aromatic rings. The van der Waals surface area contributed by atoms with Crippen LogP contribution in [0.1, 0.15) is 11.1 Å². The SMILES string of the molecule is Cc1ccccc1S(=O)(=O)NCc1cccc(-c2ccncc2)c1. The summed E-state index contributed by atoms with van der Waals surface area (Å²) >= 11 is 0. The molecule has 5 heteroatoms. The Hall–Kier alpha value is -2.50. The third-order valence-electron chi connectivity index (χ3n) is 3.79. The Labute approximate surface area is 142 Å². The summed E-state index contributed by atoms with van der Waals surface area (Å²) in [5.74, 6) is 0. The van der Waals surface area contributed by atoms with Crippen LogP contribution in [-0.2, 0) is 16.6 Å². The molecule has 4 nitrogen and oxygen atoms in total. The largest absolute Gasteiger partial charge is 0.265 e. The van der Waals surface area contributed by atoms with Crippen LogP contribution in [-0.4, -0.2) is 13.4 Å². The van der Waals surface area contributed by atoms with Crippen LogP contribution in [0.3, 0.4) is 0 Å². The summed E-state index contributed by atoms with van der Waals surface area (Å²) in [7, 11) is -3.53. The van der Waals surface area contributed by atoms with Gasteiger partial charge >= 0.3 is 0 Å². The van der Waals surface area contributed by atoms with Crippen molar-refractivity contribution in [2.75, 3.05) is 0 Å². The maximum atomic E-state index is 12.5. The molecule has 0 saturated carbocycles. The number of aromatic nitrogens is 1. The van der Waals surface area contributed by atoms with Gasteiger partial charge in [-0.05, 0) is 53.4 Å². The maximum absolute atomic E-state index is 12.5. The molecule has 0 atom stereocenters. The van der Waals surface area contributed by atoms with Crippen LogP contribution in [0.5, 0.6) is 0 Å². The van der Waals surface area contributed by atoms with Gasteiger partial charge in [-0.15, -0.1) is 0 Å². The van der Waals surface area contributed by atoms with Crippen molar-refractivity contribution in [3.05, 3.63) is 84.2 Å². The number of nitrogens with zero attached hydrogens (tertiary/aromatic N) is 1. The number of nitrogens with one attached hydrogen (secondary N) is 1. The van der Waals surface area contributed by atoms with Gasteiger partial charge in [-0.2, -0.15) is 0 Å². The molecule has 1 aromatic heterocycles. The first kappa shape index (κ1) is 16.4. The Morgan fingerprint density at radius 3 is 2.42 bits per heavy atom. The van der Waals surface area contributed by atoms with E-state index < -0.39 is 10.0 Å². The molecule has 2 aromatic carbocycles. The monoisotopic (exact) mass is 338 g/mol. The molecule has 0 spiro atoms. The highest BCUT2D eigenvalue weighted by molar-refractivity contribution is 7.89. The predicted molar refractivity (Wildman–Crippen MR) is 94.9 cm³/mol. The lowest BCUT2D eigenvalue weighted by atomic mass is 10.0. The third-order valence-corrected chi connectivity index (χ3v) is 5.35. The minimum atomic E-state index is -3.53. The van der Waals surface area contributed by atoms with Crippen molar-refractivity contribution in [2.24, 2.45) is 0 Å². The zero-order valence-electron chi connectivity index (χ0n) is 13.3. The van der Waals surface area contributed by atoms with Gasteiger partial charge in [-0.1, -0.05) is 36.4 Å². The Bertz CT molecular complexity index is 938. The van der Waals surface area contributed by atoms with Crippen LogP contribution in [0.2, 0.25) is 0 Å². The van der Waals surface area contributed by atoms with Crippen molar-refractivity contribution >= 4 is 10.0 Å². The van der Waals surface area contributed by atoms with E-state index in [1.165, 1.54) is 0 Å². The van der Waals surface area contributed by atoms with Crippen LogP contribution in [0, 0.1) is 6.92 Å². The van der Waals surface area contributed by atoms with Gasteiger partial charge in [0.25, 0.3) is 0 Å². The quantitative estimate of drug-likeness (QED) is 0.774. The van der Waals surface area contributed by atoms with E-state index in [0.717, 1.165) is 22.3 Å². The predicted octanol–water partition coefficient (Wildman–Crippen LogP) is 3.54. The van der Waals surface area contributed by atoms with E-state index in [4.69, 9.17) is 0 Å². The highest BCUT2D eigenvalue weighted by Crippen LogP contribution is 2.20. The van der Waals surface area contributed by atoms with Gasteiger partial charge in [0.2, 0.25) is 10.0 Å². The van der Waals surface area contributed by atoms with Gasteiger partial charge in [0.15, 0.2) is 0 Å². The molecule has 0 aliphatic heterocycles. The molecule has 0 aliphatic rings. The maximum Gasteiger partial charge on any atom is 0.241 e. The van der Waals surface area contributed by atoms with E-state index in [1.54, 1.807) is 37.5 Å². The van der Waals surface area contributed by atoms with E-state index in [9.17, 15) is 8.42 Å². The van der Waals surface area contributed by atoms with Crippen LogP contribution >= 0.6 is 0 Å². The second kappa shape index (κ2) is 6.95. The molecular formula is C19H18N2O2S. The first-order valence-corrected chi connectivity index (χ1v) is 9.09. The minimum absolute atomic E-state index is 0.246. The van der Waals surface area contributed by atoms with E-state index in [2.05, 4.69) is 9.71 Å².